The summed E-state index contributed by atoms with van der Waals surface area (Å²) in [6.45, 7) is 6.24. The van der Waals surface area contributed by atoms with Crippen molar-refractivity contribution in [1.29, 1.82) is 10.5 Å². The van der Waals surface area contributed by atoms with Crippen LogP contribution in [0.2, 0.25) is 0 Å². The number of nitrogens with zero attached hydrogens (tertiary/aromatic N) is 2. The van der Waals surface area contributed by atoms with Crippen molar-refractivity contribution in [3.05, 3.63) is 34.3 Å². The maximum absolute atomic E-state index is 10.4. The van der Waals surface area contributed by atoms with Gasteiger partial charge in [0.2, 0.25) is 0 Å². The average molecular weight is 418 g/mol. The zero-order chi connectivity index (χ0) is 19.2. The summed E-state index contributed by atoms with van der Waals surface area (Å²) in [5, 5.41) is 20.6. The van der Waals surface area contributed by atoms with Crippen LogP contribution in [0.25, 0.3) is 0 Å². The van der Waals surface area contributed by atoms with Gasteiger partial charge in [-0.25, -0.2) is 4.99 Å². The monoisotopic (exact) mass is 417 g/mol. The number of fused-ring (bicyclic) bond motifs is 1. The molecule has 0 unspecified atom stereocenters. The van der Waals surface area contributed by atoms with Crippen molar-refractivity contribution >= 4 is 21.8 Å². The van der Waals surface area contributed by atoms with Crippen LogP contribution < -0.4 is 10.7 Å². The molecule has 1 aromatic rings. The predicted molar refractivity (Wildman–Crippen MR) is 98.3 cm³/mol. The molecule has 1 aliphatic heterocycles. The van der Waals surface area contributed by atoms with Crippen molar-refractivity contribution in [2.24, 2.45) is 16.6 Å². The van der Waals surface area contributed by atoms with E-state index in [2.05, 4.69) is 33.1 Å². The predicted octanol–water partition coefficient (Wildman–Crippen LogP) is 1.31. The number of nitrogens with one attached hydrogen (secondary N) is 1. The van der Waals surface area contributed by atoms with Gasteiger partial charge < -0.3 is 9.47 Å². The molecule has 3 rings (SSSR count). The molecule has 3 N–H and O–H groups in total. The van der Waals surface area contributed by atoms with E-state index in [9.17, 15) is 10.5 Å². The highest BCUT2D eigenvalue weighted by atomic mass is 79.9. The van der Waals surface area contributed by atoms with Crippen molar-refractivity contribution in [2.75, 3.05) is 13.2 Å². The summed E-state index contributed by atoms with van der Waals surface area (Å²) >= 11 is 3.44. The van der Waals surface area contributed by atoms with E-state index in [0.717, 1.165) is 10.0 Å². The Morgan fingerprint density at radius 3 is 2.08 bits per heavy atom. The number of nitriles is 2. The third kappa shape index (κ3) is 1.69. The largest absolute Gasteiger partial charge is 0.343 e. The Morgan fingerprint density at radius 2 is 1.65 bits per heavy atom. The van der Waals surface area contributed by atoms with Gasteiger partial charge in [0.05, 0.1) is 30.8 Å². The molecule has 0 bridgehead atoms. The Bertz CT molecular complexity index is 835. The summed E-state index contributed by atoms with van der Waals surface area (Å²) in [7, 11) is 0. The zero-order valence-electron chi connectivity index (χ0n) is 15.1. The van der Waals surface area contributed by atoms with E-state index in [4.69, 9.17) is 15.2 Å². The molecular formula is C19H22BrN4O2+. The van der Waals surface area contributed by atoms with Crippen LogP contribution in [-0.2, 0) is 14.9 Å². The molecule has 1 saturated carbocycles. The van der Waals surface area contributed by atoms with Gasteiger partial charge in [-0.2, -0.15) is 10.5 Å². The SMILES string of the molecule is CCOC1(OCC)[NH+]=C(N)[C@@]2(C#N)[C@@](CC)(c3ccc(Br)cc3)[C@@]12C#N. The summed E-state index contributed by atoms with van der Waals surface area (Å²) in [5.41, 5.74) is 3.86. The molecule has 1 fully saturated rings. The normalized spacial score (nSPS) is 33.7. The van der Waals surface area contributed by atoms with Gasteiger partial charge in [0.1, 0.15) is 0 Å². The van der Waals surface area contributed by atoms with Crippen molar-refractivity contribution in [3.63, 3.8) is 0 Å². The Kier molecular flexibility index (Phi) is 4.39. The lowest BCUT2D eigenvalue weighted by Gasteiger charge is -2.33. The first-order valence-corrected chi connectivity index (χ1v) is 9.50. The molecule has 0 amide bonds. The molecule has 1 aromatic carbocycles. The van der Waals surface area contributed by atoms with Crippen molar-refractivity contribution < 1.29 is 14.5 Å². The minimum absolute atomic E-state index is 0.230. The molecule has 0 saturated heterocycles. The highest BCUT2D eigenvalue weighted by Gasteiger charge is 3.03. The van der Waals surface area contributed by atoms with E-state index in [1.165, 1.54) is 0 Å². The Balaban J connectivity index is 2.35. The molecule has 2 aliphatic rings. The van der Waals surface area contributed by atoms with Crippen LogP contribution in [0.5, 0.6) is 0 Å². The van der Waals surface area contributed by atoms with E-state index in [1.54, 1.807) is 0 Å². The number of hydrogen-bond acceptors (Lipinski definition) is 5. The minimum Gasteiger partial charge on any atom is -0.314 e. The number of hydrogen-bond donors (Lipinski definition) is 2. The van der Waals surface area contributed by atoms with Gasteiger partial charge in [-0.1, -0.05) is 35.0 Å². The van der Waals surface area contributed by atoms with Crippen LogP contribution >= 0.6 is 15.9 Å². The molecule has 26 heavy (non-hydrogen) atoms. The lowest BCUT2D eigenvalue weighted by atomic mass is 9.80. The molecular weight excluding hydrogens is 396 g/mol. The van der Waals surface area contributed by atoms with Crippen LogP contribution in [0.4, 0.5) is 0 Å². The topological polar surface area (TPSA) is 106 Å². The molecule has 7 heteroatoms. The fraction of sp³-hybridized carbons (Fsp3) is 0.526. The fourth-order valence-electron chi connectivity index (χ4n) is 5.08. The first-order valence-electron chi connectivity index (χ1n) is 8.71. The van der Waals surface area contributed by atoms with Crippen LogP contribution in [-0.4, -0.2) is 25.0 Å². The number of nitrogens with two attached hydrogens (primary N) is 1. The second kappa shape index (κ2) is 6.06. The molecule has 136 valence electrons. The fourth-order valence-corrected chi connectivity index (χ4v) is 5.35. The highest BCUT2D eigenvalue weighted by molar-refractivity contribution is 9.10. The number of halogens is 1. The van der Waals surface area contributed by atoms with Crippen LogP contribution in [0.15, 0.2) is 28.7 Å². The number of ether oxygens (including phenoxy) is 2. The lowest BCUT2D eigenvalue weighted by Crippen LogP contribution is -2.91. The molecule has 1 aliphatic carbocycles. The molecule has 6 nitrogen and oxygen atoms in total. The molecule has 0 radical (unpaired) electrons. The maximum Gasteiger partial charge on any atom is 0.343 e. The zero-order valence-corrected chi connectivity index (χ0v) is 16.7. The van der Waals surface area contributed by atoms with Gasteiger partial charge >= 0.3 is 5.91 Å². The van der Waals surface area contributed by atoms with Gasteiger partial charge in [0.25, 0.3) is 5.84 Å². The summed E-state index contributed by atoms with van der Waals surface area (Å²) in [6, 6.07) is 12.4. The summed E-state index contributed by atoms with van der Waals surface area (Å²) in [5.74, 6) is -1.23. The molecule has 0 spiro atoms. The van der Waals surface area contributed by atoms with Crippen molar-refractivity contribution in [1.82, 2.24) is 0 Å². The van der Waals surface area contributed by atoms with Crippen molar-refractivity contribution in [2.45, 2.75) is 38.5 Å². The second-order valence-electron chi connectivity index (χ2n) is 6.51. The first-order chi connectivity index (χ1) is 12.4. The quantitative estimate of drug-likeness (QED) is 0.678. The van der Waals surface area contributed by atoms with E-state index >= 15 is 0 Å². The smallest absolute Gasteiger partial charge is 0.314 e. The second-order valence-corrected chi connectivity index (χ2v) is 7.43. The van der Waals surface area contributed by atoms with Crippen molar-refractivity contribution in [3.8, 4) is 12.1 Å². The number of benzene rings is 1. The average Bonchev–Trinajstić information content (AvgIpc) is 3.13. The van der Waals surface area contributed by atoms with Crippen LogP contribution in [0.3, 0.4) is 0 Å². The first kappa shape index (κ1) is 18.8. The van der Waals surface area contributed by atoms with Crippen LogP contribution in [0.1, 0.15) is 32.8 Å². The number of rotatable bonds is 6. The van der Waals surface area contributed by atoms with Gasteiger partial charge in [0.15, 0.2) is 10.8 Å². The molecule has 0 aromatic heterocycles. The van der Waals surface area contributed by atoms with Gasteiger partial charge in [-0.05, 0) is 38.0 Å². The third-order valence-corrected chi connectivity index (χ3v) is 6.40. The standard InChI is InChI=1S/C19H21BrN4O2/c1-4-16(13-7-9-14(20)10-8-13)17(11-21)15(23)24-19(25-5-2,26-6-3)18(16,17)12-22/h7-10H,4-6H2,1-3H3,(H2,23,24)/p+1/t16-,17+,18-/m1/s1. The van der Waals surface area contributed by atoms with Crippen LogP contribution in [0, 0.1) is 33.5 Å². The Hall–Kier alpha value is -1.93. The Labute approximate surface area is 161 Å². The minimum atomic E-state index is -1.46. The van der Waals surface area contributed by atoms with Gasteiger partial charge in [-0.3, -0.25) is 5.73 Å². The maximum atomic E-state index is 10.4. The molecule has 1 heterocycles. The van der Waals surface area contributed by atoms with Gasteiger partial charge in [-0.15, -0.1) is 0 Å². The van der Waals surface area contributed by atoms with E-state index in [0.29, 0.717) is 19.6 Å². The van der Waals surface area contributed by atoms with E-state index in [-0.39, 0.29) is 5.84 Å². The summed E-state index contributed by atoms with van der Waals surface area (Å²) < 4.78 is 12.8. The van der Waals surface area contributed by atoms with E-state index < -0.39 is 22.2 Å². The van der Waals surface area contributed by atoms with Gasteiger partial charge in [0, 0.05) is 4.47 Å². The van der Waals surface area contributed by atoms with E-state index in [1.807, 2.05) is 45.0 Å². The summed E-state index contributed by atoms with van der Waals surface area (Å²) in [4.78, 5) is 3.02. The highest BCUT2D eigenvalue weighted by Crippen LogP contribution is 2.83. The summed E-state index contributed by atoms with van der Waals surface area (Å²) in [6.07, 6.45) is 0.542. The molecule has 3 atom stereocenters. The third-order valence-electron chi connectivity index (χ3n) is 5.88. The number of amidine groups is 1. The lowest BCUT2D eigenvalue weighted by molar-refractivity contribution is -0.694. The Morgan fingerprint density at radius 1 is 1.08 bits per heavy atom.